The first-order valence-corrected chi connectivity index (χ1v) is 11.9. The number of piperidine rings is 1. The Morgan fingerprint density at radius 2 is 1.75 bits per heavy atom. The lowest BCUT2D eigenvalue weighted by atomic mass is 9.83. The molecule has 0 saturated carbocycles. The molecule has 2 N–H and O–H groups in total. The van der Waals surface area contributed by atoms with Crippen LogP contribution < -0.4 is 16.2 Å². The predicted molar refractivity (Wildman–Crippen MR) is 132 cm³/mol. The quantitative estimate of drug-likeness (QED) is 0.668. The molecule has 0 radical (unpaired) electrons. The number of nitrogens with one attached hydrogen (secondary N) is 2. The maximum atomic E-state index is 12.7. The van der Waals surface area contributed by atoms with E-state index >= 15 is 0 Å². The Labute approximate surface area is 196 Å². The highest BCUT2D eigenvalue weighted by Gasteiger charge is 2.35. The lowest BCUT2D eigenvalue weighted by Crippen LogP contribution is -2.48. The van der Waals surface area contributed by atoms with Crippen molar-refractivity contribution in [3.63, 3.8) is 0 Å². The van der Waals surface area contributed by atoms with Crippen LogP contribution in [0.1, 0.15) is 31.9 Å². The zero-order chi connectivity index (χ0) is 22.8. The molecule has 0 spiro atoms. The van der Waals surface area contributed by atoms with Gasteiger partial charge in [-0.05, 0) is 49.6 Å². The molecule has 1 saturated heterocycles. The maximum Gasteiger partial charge on any atom is 0.250 e. The van der Waals surface area contributed by atoms with Crippen molar-refractivity contribution in [2.45, 2.75) is 38.0 Å². The summed E-state index contributed by atoms with van der Waals surface area (Å²) in [5.41, 5.74) is 2.49. The predicted octanol–water partition coefficient (Wildman–Crippen LogP) is 3.27. The molecular formula is C23H26N4O3S2. The van der Waals surface area contributed by atoms with Crippen molar-refractivity contribution in [3.8, 4) is 0 Å². The molecule has 2 aromatic rings. The van der Waals surface area contributed by atoms with Crippen LogP contribution in [-0.4, -0.2) is 43.9 Å². The zero-order valence-electron chi connectivity index (χ0n) is 18.0. The van der Waals surface area contributed by atoms with Crippen LogP contribution in [0.2, 0.25) is 0 Å². The fourth-order valence-electron chi connectivity index (χ4n) is 4.41. The SMILES string of the molecule is CC(=O)Nc1ccc(NC(=O)[C@H](C)SC(=S)N2C[C@H]3C[C@@H](C2)c2cccc(=O)n2C3)cc1. The van der Waals surface area contributed by atoms with Crippen LogP contribution in [0.3, 0.4) is 0 Å². The van der Waals surface area contributed by atoms with E-state index in [1.165, 1.54) is 18.7 Å². The van der Waals surface area contributed by atoms with Crippen molar-refractivity contribution in [2.75, 3.05) is 23.7 Å². The summed E-state index contributed by atoms with van der Waals surface area (Å²) in [7, 11) is 0. The van der Waals surface area contributed by atoms with Gasteiger partial charge in [0.15, 0.2) is 0 Å². The van der Waals surface area contributed by atoms with Crippen molar-refractivity contribution < 1.29 is 9.59 Å². The lowest BCUT2D eigenvalue weighted by Gasteiger charge is -2.43. The van der Waals surface area contributed by atoms with Gasteiger partial charge in [-0.2, -0.15) is 0 Å². The van der Waals surface area contributed by atoms with Gasteiger partial charge in [0.25, 0.3) is 5.56 Å². The average Bonchev–Trinajstić information content (AvgIpc) is 2.75. The first-order valence-electron chi connectivity index (χ1n) is 10.6. The first kappa shape index (κ1) is 22.5. The number of anilines is 2. The summed E-state index contributed by atoms with van der Waals surface area (Å²) in [5.74, 6) is 0.392. The fourth-order valence-corrected chi connectivity index (χ4v) is 5.76. The second kappa shape index (κ2) is 9.46. The summed E-state index contributed by atoms with van der Waals surface area (Å²) in [6.45, 7) is 5.59. The number of carbonyl (C=O) groups is 2. The van der Waals surface area contributed by atoms with Gasteiger partial charge in [0.1, 0.15) is 4.32 Å². The van der Waals surface area contributed by atoms with Crippen molar-refractivity contribution in [1.29, 1.82) is 0 Å². The van der Waals surface area contributed by atoms with Crippen LogP contribution in [0.4, 0.5) is 11.4 Å². The highest BCUT2D eigenvalue weighted by atomic mass is 32.2. The Morgan fingerprint density at radius 1 is 1.06 bits per heavy atom. The molecule has 1 fully saturated rings. The van der Waals surface area contributed by atoms with E-state index in [1.807, 2.05) is 23.6 Å². The highest BCUT2D eigenvalue weighted by Crippen LogP contribution is 2.36. The number of likely N-dealkylation sites (tertiary alicyclic amines) is 1. The summed E-state index contributed by atoms with van der Waals surface area (Å²) < 4.78 is 2.62. The Morgan fingerprint density at radius 3 is 2.44 bits per heavy atom. The number of thioether (sulfide) groups is 1. The van der Waals surface area contributed by atoms with Gasteiger partial charge in [0.05, 0.1) is 5.25 Å². The average molecular weight is 471 g/mol. The fraction of sp³-hybridized carbons (Fsp3) is 0.391. The van der Waals surface area contributed by atoms with Crippen molar-refractivity contribution in [1.82, 2.24) is 9.47 Å². The molecule has 2 aliphatic heterocycles. The molecular weight excluding hydrogens is 444 g/mol. The summed E-state index contributed by atoms with van der Waals surface area (Å²) in [6, 6.07) is 12.5. The van der Waals surface area contributed by atoms with E-state index in [1.54, 1.807) is 30.3 Å². The smallest absolute Gasteiger partial charge is 0.250 e. The van der Waals surface area contributed by atoms with Gasteiger partial charge in [-0.25, -0.2) is 0 Å². The second-order valence-corrected chi connectivity index (χ2v) is 10.4. The number of amides is 2. The minimum Gasteiger partial charge on any atom is -0.356 e. The van der Waals surface area contributed by atoms with E-state index < -0.39 is 0 Å². The van der Waals surface area contributed by atoms with Gasteiger partial charge < -0.3 is 20.1 Å². The zero-order valence-corrected chi connectivity index (χ0v) is 19.7. The molecule has 2 amide bonds. The molecule has 0 unspecified atom stereocenters. The van der Waals surface area contributed by atoms with Crippen molar-refractivity contribution in [2.24, 2.45) is 5.92 Å². The molecule has 3 atom stereocenters. The van der Waals surface area contributed by atoms with Gasteiger partial charge in [-0.1, -0.05) is 30.0 Å². The van der Waals surface area contributed by atoms with Gasteiger partial charge in [0.2, 0.25) is 11.8 Å². The standard InChI is InChI=1S/C23H26N4O3S2/c1-14(22(30)25-19-8-6-18(7-9-19)24-15(2)28)32-23(31)26-11-16-10-17(13-26)20-4-3-5-21(29)27(20)12-16/h3-9,14,16-17H,10-13H2,1-2H3,(H,24,28)(H,25,30)/t14-,16+,17-/m0/s1. The third-order valence-electron chi connectivity index (χ3n) is 5.86. The van der Waals surface area contributed by atoms with Gasteiger partial charge >= 0.3 is 0 Å². The number of nitrogens with zero attached hydrogens (tertiary/aromatic N) is 2. The molecule has 9 heteroatoms. The van der Waals surface area contributed by atoms with Crippen LogP contribution in [0.15, 0.2) is 47.3 Å². The van der Waals surface area contributed by atoms with Crippen molar-refractivity contribution >= 4 is 51.5 Å². The summed E-state index contributed by atoms with van der Waals surface area (Å²) in [6.07, 6.45) is 1.07. The van der Waals surface area contributed by atoms with E-state index in [9.17, 15) is 14.4 Å². The molecule has 1 aromatic carbocycles. The van der Waals surface area contributed by atoms with Gasteiger partial charge in [-0.3, -0.25) is 14.4 Å². The van der Waals surface area contributed by atoms with Crippen molar-refractivity contribution in [3.05, 3.63) is 58.5 Å². The molecule has 7 nitrogen and oxygen atoms in total. The minimum atomic E-state index is -0.353. The number of rotatable bonds is 4. The topological polar surface area (TPSA) is 83.4 Å². The second-order valence-electron chi connectivity index (χ2n) is 8.38. The molecule has 0 aliphatic carbocycles. The Bertz CT molecular complexity index is 1100. The monoisotopic (exact) mass is 470 g/mol. The summed E-state index contributed by atoms with van der Waals surface area (Å²) >= 11 is 7.08. The first-order chi connectivity index (χ1) is 15.3. The van der Waals surface area contributed by atoms with Gasteiger partial charge in [0, 0.05) is 55.6 Å². The van der Waals surface area contributed by atoms with Crippen LogP contribution in [-0.2, 0) is 16.1 Å². The molecule has 2 aliphatic rings. The van der Waals surface area contributed by atoms with Crippen LogP contribution in [0, 0.1) is 5.92 Å². The molecule has 168 valence electrons. The number of fused-ring (bicyclic) bond motifs is 4. The Hall–Kier alpha value is -2.65. The van der Waals surface area contributed by atoms with E-state index in [4.69, 9.17) is 12.2 Å². The Balaban J connectivity index is 1.34. The number of pyridine rings is 1. The van der Waals surface area contributed by atoms with Crippen LogP contribution in [0.5, 0.6) is 0 Å². The highest BCUT2D eigenvalue weighted by molar-refractivity contribution is 8.23. The molecule has 32 heavy (non-hydrogen) atoms. The number of carbonyl (C=O) groups excluding carboxylic acids is 2. The maximum absolute atomic E-state index is 12.7. The number of benzene rings is 1. The molecule has 1 aromatic heterocycles. The number of thiocarbonyl (C=S) groups is 1. The molecule has 3 heterocycles. The van der Waals surface area contributed by atoms with Crippen LogP contribution in [0.25, 0.3) is 0 Å². The van der Waals surface area contributed by atoms with Crippen LogP contribution >= 0.6 is 24.0 Å². The molecule has 4 rings (SSSR count). The number of hydrogen-bond acceptors (Lipinski definition) is 5. The van der Waals surface area contributed by atoms with E-state index in [0.29, 0.717) is 17.3 Å². The van der Waals surface area contributed by atoms with E-state index in [2.05, 4.69) is 15.5 Å². The van der Waals surface area contributed by atoms with Gasteiger partial charge in [-0.15, -0.1) is 0 Å². The van der Waals surface area contributed by atoms with E-state index in [-0.39, 0.29) is 28.5 Å². The lowest BCUT2D eigenvalue weighted by molar-refractivity contribution is -0.115. The van der Waals surface area contributed by atoms with E-state index in [0.717, 1.165) is 36.1 Å². The summed E-state index contributed by atoms with van der Waals surface area (Å²) in [4.78, 5) is 38.2. The number of hydrogen-bond donors (Lipinski definition) is 2. The Kier molecular flexibility index (Phi) is 6.66. The summed E-state index contributed by atoms with van der Waals surface area (Å²) in [5, 5.41) is 5.25. The third-order valence-corrected chi connectivity index (χ3v) is 7.43. The largest absolute Gasteiger partial charge is 0.356 e. The minimum absolute atomic E-state index is 0.0676. The molecule has 2 bridgehead atoms. The number of aromatic nitrogens is 1. The normalized spacial score (nSPS) is 20.1. The third kappa shape index (κ3) is 5.05.